The molecule has 0 bridgehead atoms. The number of fused-ring (bicyclic) bond motifs is 2. The zero-order valence-electron chi connectivity index (χ0n) is 18.6. The first-order valence-electron chi connectivity index (χ1n) is 11.5. The molecule has 1 aliphatic heterocycles. The fourth-order valence-electron chi connectivity index (χ4n) is 5.05. The van der Waals surface area contributed by atoms with Crippen LogP contribution in [0.2, 0.25) is 0 Å². The van der Waals surface area contributed by atoms with Crippen LogP contribution in [0.15, 0.2) is 59.1 Å². The molecule has 6 heteroatoms. The second kappa shape index (κ2) is 7.96. The molecule has 2 aliphatic rings. The molecule has 166 valence electrons. The van der Waals surface area contributed by atoms with Gasteiger partial charge in [-0.2, -0.15) is 0 Å². The van der Waals surface area contributed by atoms with Crippen LogP contribution in [0.4, 0.5) is 17.1 Å². The second-order valence-corrected chi connectivity index (χ2v) is 8.69. The van der Waals surface area contributed by atoms with Gasteiger partial charge in [-0.1, -0.05) is 48.3 Å². The Balaban J connectivity index is 1.59. The zero-order valence-corrected chi connectivity index (χ0v) is 18.6. The number of nitrogens with zero attached hydrogens (tertiary/aromatic N) is 2. The van der Waals surface area contributed by atoms with Gasteiger partial charge in [0, 0.05) is 36.0 Å². The van der Waals surface area contributed by atoms with Crippen molar-refractivity contribution in [1.29, 1.82) is 0 Å². The number of carbonyl (C=O) groups is 1. The summed E-state index contributed by atoms with van der Waals surface area (Å²) in [6, 6.07) is 17.4. The lowest BCUT2D eigenvalue weighted by atomic mass is 9.86. The minimum absolute atomic E-state index is 0.0147. The maximum atomic E-state index is 13.7. The van der Waals surface area contributed by atoms with E-state index in [4.69, 9.17) is 9.26 Å². The normalized spacial score (nSPS) is 15.3. The van der Waals surface area contributed by atoms with Gasteiger partial charge in [-0.05, 0) is 31.0 Å². The number of aromatic nitrogens is 1. The summed E-state index contributed by atoms with van der Waals surface area (Å²) in [7, 11) is 1.65. The standard InChI is InChI=1S/C27H25N3O3/c1-32-18-10-8-9-17(15-18)28-21-16-22(30-13-6-2-3-7-14-30)25-24-23(21)26(31)19-11-4-5-12-20(19)27(24)33-29-25/h4-5,8-12,15-16,28H,2-3,6-7,13-14H2,1H3. The van der Waals surface area contributed by atoms with Crippen LogP contribution in [-0.4, -0.2) is 31.1 Å². The molecule has 0 saturated carbocycles. The molecule has 1 N–H and O–H groups in total. The van der Waals surface area contributed by atoms with Gasteiger partial charge in [-0.25, -0.2) is 0 Å². The summed E-state index contributed by atoms with van der Waals surface area (Å²) in [6.45, 7) is 1.94. The molecule has 33 heavy (non-hydrogen) atoms. The van der Waals surface area contributed by atoms with Crippen molar-refractivity contribution in [2.45, 2.75) is 25.7 Å². The Kier molecular flexibility index (Phi) is 4.79. The molecule has 6 rings (SSSR count). The van der Waals surface area contributed by atoms with Crippen LogP contribution in [-0.2, 0) is 0 Å². The van der Waals surface area contributed by atoms with E-state index in [1.165, 1.54) is 12.8 Å². The van der Waals surface area contributed by atoms with Gasteiger partial charge in [0.1, 0.15) is 11.3 Å². The minimum Gasteiger partial charge on any atom is -0.497 e. The lowest BCUT2D eigenvalue weighted by Gasteiger charge is -2.26. The molecule has 3 aromatic carbocycles. The Morgan fingerprint density at radius 1 is 0.970 bits per heavy atom. The maximum absolute atomic E-state index is 13.7. The lowest BCUT2D eigenvalue weighted by Crippen LogP contribution is -2.24. The minimum atomic E-state index is -0.0147. The van der Waals surface area contributed by atoms with E-state index in [9.17, 15) is 4.79 Å². The molecule has 1 aliphatic carbocycles. The third-order valence-corrected chi connectivity index (χ3v) is 6.67. The number of ketones is 1. The fraction of sp³-hybridized carbons (Fsp3) is 0.259. The first-order chi connectivity index (χ1) is 16.2. The fourth-order valence-corrected chi connectivity index (χ4v) is 5.05. The highest BCUT2D eigenvalue weighted by Crippen LogP contribution is 2.46. The molecule has 0 unspecified atom stereocenters. The molecule has 6 nitrogen and oxygen atoms in total. The van der Waals surface area contributed by atoms with E-state index in [0.29, 0.717) is 16.9 Å². The second-order valence-electron chi connectivity index (χ2n) is 8.69. The van der Waals surface area contributed by atoms with Crippen molar-refractivity contribution in [3.8, 4) is 17.1 Å². The molecule has 0 amide bonds. The van der Waals surface area contributed by atoms with Gasteiger partial charge in [-0.3, -0.25) is 4.79 Å². The summed E-state index contributed by atoms with van der Waals surface area (Å²) >= 11 is 0. The molecule has 0 spiro atoms. The van der Waals surface area contributed by atoms with E-state index in [0.717, 1.165) is 65.2 Å². The SMILES string of the molecule is COc1cccc(Nc2cc(N3CCCCCC3)c3noc4c3c2C(=O)c2ccccc2-4)c1. The van der Waals surface area contributed by atoms with E-state index >= 15 is 0 Å². The van der Waals surface area contributed by atoms with Crippen molar-refractivity contribution in [3.63, 3.8) is 0 Å². The number of nitrogens with one attached hydrogen (secondary N) is 1. The van der Waals surface area contributed by atoms with Crippen molar-refractivity contribution in [1.82, 2.24) is 5.16 Å². The first kappa shape index (κ1) is 19.9. The predicted octanol–water partition coefficient (Wildman–Crippen LogP) is 6.17. The smallest absolute Gasteiger partial charge is 0.196 e. The van der Waals surface area contributed by atoms with Gasteiger partial charge >= 0.3 is 0 Å². The molecule has 4 aromatic rings. The van der Waals surface area contributed by atoms with Crippen LogP contribution < -0.4 is 15.0 Å². The average Bonchev–Trinajstić information content (AvgIpc) is 3.10. The summed E-state index contributed by atoms with van der Waals surface area (Å²) < 4.78 is 11.3. The number of hydrogen-bond acceptors (Lipinski definition) is 6. The number of carbonyl (C=O) groups excluding carboxylic acids is 1. The number of benzene rings is 3. The third-order valence-electron chi connectivity index (χ3n) is 6.67. The number of rotatable bonds is 4. The van der Waals surface area contributed by atoms with Gasteiger partial charge in [0.15, 0.2) is 11.5 Å². The molecule has 2 heterocycles. The van der Waals surface area contributed by atoms with Crippen LogP contribution in [0.3, 0.4) is 0 Å². The number of methoxy groups -OCH3 is 1. The Morgan fingerprint density at radius 2 is 1.76 bits per heavy atom. The number of ether oxygens (including phenoxy) is 1. The molecule has 1 aromatic heterocycles. The zero-order chi connectivity index (χ0) is 22.4. The van der Waals surface area contributed by atoms with Crippen LogP contribution in [0, 0.1) is 0 Å². The van der Waals surface area contributed by atoms with E-state index in [1.807, 2.05) is 48.5 Å². The van der Waals surface area contributed by atoms with E-state index < -0.39 is 0 Å². The monoisotopic (exact) mass is 439 g/mol. The van der Waals surface area contributed by atoms with Gasteiger partial charge < -0.3 is 19.5 Å². The Bertz CT molecular complexity index is 1370. The van der Waals surface area contributed by atoms with Crippen molar-refractivity contribution in [3.05, 3.63) is 65.7 Å². The summed E-state index contributed by atoms with van der Waals surface area (Å²) in [6.07, 6.45) is 4.77. The largest absolute Gasteiger partial charge is 0.497 e. The predicted molar refractivity (Wildman–Crippen MR) is 130 cm³/mol. The van der Waals surface area contributed by atoms with Crippen LogP contribution in [0.25, 0.3) is 22.2 Å². The van der Waals surface area contributed by atoms with Gasteiger partial charge in [-0.15, -0.1) is 0 Å². The van der Waals surface area contributed by atoms with Crippen LogP contribution in [0.5, 0.6) is 5.75 Å². The number of hydrogen-bond donors (Lipinski definition) is 1. The quantitative estimate of drug-likeness (QED) is 0.361. The molecule has 1 fully saturated rings. The van der Waals surface area contributed by atoms with Gasteiger partial charge in [0.2, 0.25) is 0 Å². The van der Waals surface area contributed by atoms with E-state index in [-0.39, 0.29) is 5.78 Å². The highest BCUT2D eigenvalue weighted by Gasteiger charge is 2.33. The summed E-state index contributed by atoms with van der Waals surface area (Å²) in [5.41, 5.74) is 5.46. The topological polar surface area (TPSA) is 67.6 Å². The highest BCUT2D eigenvalue weighted by molar-refractivity contribution is 6.28. The molecule has 1 saturated heterocycles. The maximum Gasteiger partial charge on any atom is 0.196 e. The average molecular weight is 440 g/mol. The summed E-state index contributed by atoms with van der Waals surface area (Å²) in [4.78, 5) is 16.1. The molecule has 0 radical (unpaired) electrons. The van der Waals surface area contributed by atoms with E-state index in [2.05, 4.69) is 21.4 Å². The van der Waals surface area contributed by atoms with Crippen molar-refractivity contribution >= 4 is 33.7 Å². The number of anilines is 3. The van der Waals surface area contributed by atoms with Gasteiger partial charge in [0.25, 0.3) is 0 Å². The Morgan fingerprint density at radius 3 is 2.55 bits per heavy atom. The molecular weight excluding hydrogens is 414 g/mol. The Hall–Kier alpha value is -3.80. The summed E-state index contributed by atoms with van der Waals surface area (Å²) in [5.74, 6) is 1.41. The Labute approximate surface area is 192 Å². The molecule has 0 atom stereocenters. The van der Waals surface area contributed by atoms with Crippen molar-refractivity contribution in [2.75, 3.05) is 30.4 Å². The first-order valence-corrected chi connectivity index (χ1v) is 11.5. The highest BCUT2D eigenvalue weighted by atomic mass is 16.5. The van der Waals surface area contributed by atoms with Crippen molar-refractivity contribution < 1.29 is 14.1 Å². The lowest BCUT2D eigenvalue weighted by molar-refractivity contribution is 0.104. The van der Waals surface area contributed by atoms with Crippen molar-refractivity contribution in [2.24, 2.45) is 0 Å². The summed E-state index contributed by atoms with van der Waals surface area (Å²) in [5, 5.41) is 8.79. The van der Waals surface area contributed by atoms with Gasteiger partial charge in [0.05, 0.1) is 29.4 Å². The molecular formula is C27H25N3O3. The van der Waals surface area contributed by atoms with Crippen LogP contribution in [0.1, 0.15) is 41.6 Å². The third kappa shape index (κ3) is 3.25. The van der Waals surface area contributed by atoms with E-state index in [1.54, 1.807) is 7.11 Å². The van der Waals surface area contributed by atoms with Crippen LogP contribution >= 0.6 is 0 Å².